The van der Waals surface area contributed by atoms with E-state index in [1.807, 2.05) is 62.4 Å². The van der Waals surface area contributed by atoms with E-state index in [9.17, 15) is 13.2 Å². The Bertz CT molecular complexity index is 1200. The van der Waals surface area contributed by atoms with Crippen LogP contribution in [0.5, 0.6) is 5.75 Å². The Hall–Kier alpha value is -3.13. The summed E-state index contributed by atoms with van der Waals surface area (Å²) < 4.78 is 31.2. The average Bonchev–Trinajstić information content (AvgIpc) is 3.32. The van der Waals surface area contributed by atoms with Crippen molar-refractivity contribution in [2.75, 3.05) is 23.4 Å². The Labute approximate surface area is 182 Å². The van der Waals surface area contributed by atoms with E-state index in [-0.39, 0.29) is 30.1 Å². The Morgan fingerprint density at radius 1 is 1.13 bits per heavy atom. The van der Waals surface area contributed by atoms with Crippen LogP contribution in [0.25, 0.3) is 11.3 Å². The van der Waals surface area contributed by atoms with Crippen molar-refractivity contribution in [1.29, 1.82) is 0 Å². The van der Waals surface area contributed by atoms with Crippen LogP contribution in [0.15, 0.2) is 54.6 Å². The van der Waals surface area contributed by atoms with Crippen LogP contribution in [-0.2, 0) is 14.6 Å². The third kappa shape index (κ3) is 4.96. The molecule has 1 N–H and O–H groups in total. The first-order chi connectivity index (χ1) is 14.8. The van der Waals surface area contributed by atoms with Crippen LogP contribution in [-0.4, -0.2) is 42.2 Å². The molecule has 8 heteroatoms. The zero-order valence-electron chi connectivity index (χ0n) is 17.5. The van der Waals surface area contributed by atoms with Crippen LogP contribution in [0.4, 0.5) is 5.82 Å². The summed E-state index contributed by atoms with van der Waals surface area (Å²) in [5.41, 5.74) is 3.81. The van der Waals surface area contributed by atoms with E-state index in [1.54, 1.807) is 10.7 Å². The number of aromatic nitrogens is 2. The van der Waals surface area contributed by atoms with Gasteiger partial charge in [-0.3, -0.25) is 4.79 Å². The highest BCUT2D eigenvalue weighted by atomic mass is 32.2. The molecule has 31 heavy (non-hydrogen) atoms. The van der Waals surface area contributed by atoms with E-state index < -0.39 is 9.84 Å². The first-order valence-corrected chi connectivity index (χ1v) is 12.0. The number of anilines is 1. The van der Waals surface area contributed by atoms with Gasteiger partial charge in [-0.05, 0) is 43.5 Å². The monoisotopic (exact) mass is 439 g/mol. The lowest BCUT2D eigenvalue weighted by Gasteiger charge is -2.14. The molecule has 7 nitrogen and oxygen atoms in total. The second-order valence-corrected chi connectivity index (χ2v) is 10.1. The molecule has 1 amide bonds. The van der Waals surface area contributed by atoms with Crippen LogP contribution < -0.4 is 10.1 Å². The number of rotatable bonds is 6. The molecule has 1 saturated heterocycles. The number of carbonyl (C=O) groups is 1. The van der Waals surface area contributed by atoms with Crippen molar-refractivity contribution < 1.29 is 17.9 Å². The zero-order chi connectivity index (χ0) is 22.0. The minimum absolute atomic E-state index is 0.0188. The molecule has 0 saturated carbocycles. The highest BCUT2D eigenvalue weighted by molar-refractivity contribution is 7.91. The Kier molecular flexibility index (Phi) is 5.82. The molecule has 4 rings (SSSR count). The number of sulfone groups is 1. The third-order valence-electron chi connectivity index (χ3n) is 5.48. The van der Waals surface area contributed by atoms with Crippen LogP contribution in [0.1, 0.15) is 23.6 Å². The normalized spacial score (nSPS) is 17.4. The molecule has 0 bridgehead atoms. The summed E-state index contributed by atoms with van der Waals surface area (Å²) in [6.07, 6.45) is 0.472. The lowest BCUT2D eigenvalue weighted by atomic mass is 10.1. The summed E-state index contributed by atoms with van der Waals surface area (Å²) in [7, 11) is -3.10. The highest BCUT2D eigenvalue weighted by Crippen LogP contribution is 2.30. The Morgan fingerprint density at radius 2 is 1.90 bits per heavy atom. The number of nitrogens with one attached hydrogen (secondary N) is 1. The molecule has 2 heterocycles. The minimum Gasteiger partial charge on any atom is -0.484 e. The molecular formula is C23H25N3O4S. The smallest absolute Gasteiger partial charge is 0.263 e. The molecule has 0 unspecified atom stereocenters. The number of hydrogen-bond donors (Lipinski definition) is 1. The molecule has 1 aromatic heterocycles. The van der Waals surface area contributed by atoms with Gasteiger partial charge in [-0.25, -0.2) is 13.1 Å². The van der Waals surface area contributed by atoms with Gasteiger partial charge in [0.15, 0.2) is 16.4 Å². The first kappa shape index (κ1) is 21.1. The van der Waals surface area contributed by atoms with Crippen molar-refractivity contribution in [3.63, 3.8) is 0 Å². The van der Waals surface area contributed by atoms with Gasteiger partial charge in [0.25, 0.3) is 5.91 Å². The summed E-state index contributed by atoms with van der Waals surface area (Å²) in [5.74, 6) is 0.903. The fourth-order valence-electron chi connectivity index (χ4n) is 3.62. The van der Waals surface area contributed by atoms with Gasteiger partial charge in [0.05, 0.1) is 23.2 Å². The number of amides is 1. The topological polar surface area (TPSA) is 90.3 Å². The van der Waals surface area contributed by atoms with Gasteiger partial charge in [-0.2, -0.15) is 5.10 Å². The summed E-state index contributed by atoms with van der Waals surface area (Å²) in [6, 6.07) is 16.7. The fraction of sp³-hybridized carbons (Fsp3) is 0.304. The summed E-state index contributed by atoms with van der Waals surface area (Å²) >= 11 is 0. The van der Waals surface area contributed by atoms with Gasteiger partial charge in [-0.15, -0.1) is 0 Å². The molecule has 0 aliphatic carbocycles. The Balaban J connectivity index is 1.53. The van der Waals surface area contributed by atoms with Gasteiger partial charge in [-0.1, -0.05) is 36.4 Å². The van der Waals surface area contributed by atoms with Crippen LogP contribution >= 0.6 is 0 Å². The Morgan fingerprint density at radius 3 is 2.58 bits per heavy atom. The first-order valence-electron chi connectivity index (χ1n) is 10.2. The van der Waals surface area contributed by atoms with Crippen molar-refractivity contribution in [2.45, 2.75) is 26.3 Å². The van der Waals surface area contributed by atoms with Gasteiger partial charge >= 0.3 is 0 Å². The van der Waals surface area contributed by atoms with Crippen LogP contribution in [0.3, 0.4) is 0 Å². The van der Waals surface area contributed by atoms with Crippen LogP contribution in [0.2, 0.25) is 0 Å². The van der Waals surface area contributed by atoms with E-state index in [0.29, 0.717) is 23.7 Å². The van der Waals surface area contributed by atoms with Crippen molar-refractivity contribution in [3.05, 3.63) is 65.7 Å². The molecule has 1 fully saturated rings. The zero-order valence-corrected chi connectivity index (χ0v) is 18.4. The molecule has 0 radical (unpaired) electrons. The number of aryl methyl sites for hydroxylation is 2. The van der Waals surface area contributed by atoms with Crippen molar-refractivity contribution in [2.24, 2.45) is 0 Å². The average molecular weight is 440 g/mol. The molecule has 1 aliphatic rings. The second-order valence-electron chi connectivity index (χ2n) is 7.87. The lowest BCUT2D eigenvalue weighted by molar-refractivity contribution is -0.118. The standard InChI is InChI=1S/C23H25N3O4S/c1-16-8-9-20(12-17(16)2)30-14-23(27)24-22-13-21(18-6-4-3-5-7-18)25-26(22)19-10-11-31(28,29)15-19/h3-9,12-13,19H,10-11,14-15H2,1-2H3,(H,24,27)/t19-/m1/s1. The van der Waals surface area contributed by atoms with E-state index in [4.69, 9.17) is 4.74 Å². The van der Waals surface area contributed by atoms with Gasteiger partial charge < -0.3 is 10.1 Å². The molecule has 1 aliphatic heterocycles. The largest absolute Gasteiger partial charge is 0.484 e. The maximum atomic E-state index is 12.6. The predicted molar refractivity (Wildman–Crippen MR) is 120 cm³/mol. The van der Waals surface area contributed by atoms with E-state index in [0.717, 1.165) is 16.7 Å². The number of hydrogen-bond acceptors (Lipinski definition) is 5. The molecular weight excluding hydrogens is 414 g/mol. The quantitative estimate of drug-likeness (QED) is 0.634. The third-order valence-corrected chi connectivity index (χ3v) is 7.23. The fourth-order valence-corrected chi connectivity index (χ4v) is 5.31. The second kappa shape index (κ2) is 8.55. The van der Waals surface area contributed by atoms with Crippen molar-refractivity contribution in [1.82, 2.24) is 9.78 Å². The lowest BCUT2D eigenvalue weighted by Crippen LogP contribution is -2.23. The number of ether oxygens (including phenoxy) is 1. The van der Waals surface area contributed by atoms with Crippen LogP contribution in [0, 0.1) is 13.8 Å². The van der Waals surface area contributed by atoms with Gasteiger partial charge in [0.1, 0.15) is 11.6 Å². The maximum absolute atomic E-state index is 12.6. The van der Waals surface area contributed by atoms with Crippen molar-refractivity contribution in [3.8, 4) is 17.0 Å². The molecule has 3 aromatic rings. The summed E-state index contributed by atoms with van der Waals surface area (Å²) in [5, 5.41) is 7.46. The van der Waals surface area contributed by atoms with Crippen molar-refractivity contribution >= 4 is 21.6 Å². The SMILES string of the molecule is Cc1ccc(OCC(=O)Nc2cc(-c3ccccc3)nn2[C@@H]2CCS(=O)(=O)C2)cc1C. The number of benzene rings is 2. The van der Waals surface area contributed by atoms with Gasteiger partial charge in [0.2, 0.25) is 0 Å². The van der Waals surface area contributed by atoms with E-state index in [1.165, 1.54) is 0 Å². The molecule has 0 spiro atoms. The minimum atomic E-state index is -3.10. The highest BCUT2D eigenvalue weighted by Gasteiger charge is 2.31. The summed E-state index contributed by atoms with van der Waals surface area (Å²) in [6.45, 7) is 3.85. The number of carbonyl (C=O) groups excluding carboxylic acids is 1. The van der Waals surface area contributed by atoms with E-state index in [2.05, 4.69) is 10.4 Å². The predicted octanol–water partition coefficient (Wildman–Crippen LogP) is 3.54. The maximum Gasteiger partial charge on any atom is 0.263 e. The summed E-state index contributed by atoms with van der Waals surface area (Å²) in [4.78, 5) is 12.6. The molecule has 2 aromatic carbocycles. The van der Waals surface area contributed by atoms with E-state index >= 15 is 0 Å². The molecule has 162 valence electrons. The molecule has 1 atom stereocenters. The van der Waals surface area contributed by atoms with Gasteiger partial charge in [0, 0.05) is 11.6 Å². The number of nitrogens with zero attached hydrogens (tertiary/aromatic N) is 2.